The van der Waals surface area contributed by atoms with Crippen molar-refractivity contribution in [2.24, 2.45) is 0 Å². The number of ether oxygens (including phenoxy) is 3. The molecule has 3 aromatic carbocycles. The summed E-state index contributed by atoms with van der Waals surface area (Å²) < 4.78 is 16.3. The molecule has 1 aliphatic heterocycles. The van der Waals surface area contributed by atoms with Crippen molar-refractivity contribution in [3.05, 3.63) is 77.9 Å². The van der Waals surface area contributed by atoms with Gasteiger partial charge in [-0.05, 0) is 56.2 Å². The summed E-state index contributed by atoms with van der Waals surface area (Å²) in [5, 5.41) is 13.4. The lowest BCUT2D eigenvalue weighted by Crippen LogP contribution is -2.44. The third kappa shape index (κ3) is 7.11. The molecule has 3 aromatic rings. The number of phenolic OH excluding ortho intramolecular Hbond substituents is 1. The Hall–Kier alpha value is -4.53. The number of carbonyl (C=O) groups is 3. The number of amides is 2. The van der Waals surface area contributed by atoms with Crippen LogP contribution < -0.4 is 10.1 Å². The van der Waals surface area contributed by atoms with E-state index in [1.165, 1.54) is 19.2 Å². The smallest absolute Gasteiger partial charge is 0.410 e. The van der Waals surface area contributed by atoms with Gasteiger partial charge in [-0.15, -0.1) is 0 Å². The van der Waals surface area contributed by atoms with Crippen molar-refractivity contribution in [3.8, 4) is 22.6 Å². The molecule has 9 heteroatoms. The fraction of sp³-hybridized carbons (Fsp3) is 0.323. The Balaban J connectivity index is 1.43. The van der Waals surface area contributed by atoms with E-state index < -0.39 is 17.5 Å². The second kappa shape index (κ2) is 12.1. The first-order chi connectivity index (χ1) is 19.0. The van der Waals surface area contributed by atoms with Crippen molar-refractivity contribution in [2.75, 3.05) is 25.5 Å². The van der Waals surface area contributed by atoms with Crippen LogP contribution in [0.1, 0.15) is 54.3 Å². The first kappa shape index (κ1) is 28.5. The number of hydrogen-bond acceptors (Lipinski definition) is 7. The van der Waals surface area contributed by atoms with E-state index in [0.29, 0.717) is 31.7 Å². The van der Waals surface area contributed by atoms with Crippen LogP contribution in [0.15, 0.2) is 66.7 Å². The first-order valence-corrected chi connectivity index (χ1v) is 13.1. The maximum absolute atomic E-state index is 13.1. The molecule has 0 bridgehead atoms. The van der Waals surface area contributed by atoms with Crippen molar-refractivity contribution in [1.29, 1.82) is 0 Å². The summed E-state index contributed by atoms with van der Waals surface area (Å²) in [6.45, 7) is 6.48. The fourth-order valence-corrected chi connectivity index (χ4v) is 4.39. The van der Waals surface area contributed by atoms with Crippen LogP contribution in [-0.4, -0.2) is 59.9 Å². The average Bonchev–Trinajstić information content (AvgIpc) is 2.92. The zero-order chi connectivity index (χ0) is 28.9. The van der Waals surface area contributed by atoms with E-state index in [2.05, 4.69) is 5.32 Å². The highest BCUT2D eigenvalue weighted by Crippen LogP contribution is 2.30. The van der Waals surface area contributed by atoms with Crippen molar-refractivity contribution in [2.45, 2.75) is 45.3 Å². The molecular weight excluding hydrogens is 512 g/mol. The molecular formula is C31H34N2O7. The molecule has 2 amide bonds. The van der Waals surface area contributed by atoms with Crippen LogP contribution in [0.2, 0.25) is 0 Å². The van der Waals surface area contributed by atoms with Gasteiger partial charge in [0, 0.05) is 32.0 Å². The van der Waals surface area contributed by atoms with Crippen LogP contribution in [-0.2, 0) is 9.47 Å². The van der Waals surface area contributed by atoms with E-state index in [1.54, 1.807) is 29.2 Å². The molecule has 40 heavy (non-hydrogen) atoms. The van der Waals surface area contributed by atoms with Crippen molar-refractivity contribution >= 4 is 23.7 Å². The Morgan fingerprint density at radius 1 is 0.900 bits per heavy atom. The summed E-state index contributed by atoms with van der Waals surface area (Å²) in [6.07, 6.45) is 0.719. The topological polar surface area (TPSA) is 114 Å². The Bertz CT molecular complexity index is 1370. The third-order valence-corrected chi connectivity index (χ3v) is 6.39. The van der Waals surface area contributed by atoms with Gasteiger partial charge in [0.2, 0.25) is 0 Å². The lowest BCUT2D eigenvalue weighted by atomic mass is 10.0. The molecule has 0 unspecified atom stereocenters. The van der Waals surface area contributed by atoms with Crippen LogP contribution in [0.3, 0.4) is 0 Å². The summed E-state index contributed by atoms with van der Waals surface area (Å²) in [7, 11) is 1.27. The van der Waals surface area contributed by atoms with Crippen LogP contribution in [0.4, 0.5) is 10.5 Å². The monoisotopic (exact) mass is 546 g/mol. The largest absolute Gasteiger partial charge is 0.507 e. The Morgan fingerprint density at radius 2 is 1.57 bits per heavy atom. The van der Waals surface area contributed by atoms with E-state index in [1.807, 2.05) is 51.1 Å². The van der Waals surface area contributed by atoms with Gasteiger partial charge in [-0.1, -0.05) is 36.4 Å². The number of nitrogens with zero attached hydrogens (tertiary/aromatic N) is 1. The van der Waals surface area contributed by atoms with Gasteiger partial charge in [-0.25, -0.2) is 9.59 Å². The molecule has 0 saturated carbocycles. The van der Waals surface area contributed by atoms with Crippen LogP contribution in [0, 0.1) is 0 Å². The molecule has 1 aliphatic rings. The lowest BCUT2D eigenvalue weighted by Gasteiger charge is -2.33. The van der Waals surface area contributed by atoms with Crippen LogP contribution >= 0.6 is 0 Å². The van der Waals surface area contributed by atoms with Crippen LogP contribution in [0.25, 0.3) is 11.1 Å². The minimum Gasteiger partial charge on any atom is -0.507 e. The molecule has 1 saturated heterocycles. The van der Waals surface area contributed by atoms with Gasteiger partial charge in [0.15, 0.2) is 0 Å². The molecule has 0 aliphatic carbocycles. The predicted molar refractivity (Wildman–Crippen MR) is 151 cm³/mol. The van der Waals surface area contributed by atoms with Gasteiger partial charge < -0.3 is 29.5 Å². The van der Waals surface area contributed by atoms with Crippen molar-refractivity contribution < 1.29 is 33.7 Å². The van der Waals surface area contributed by atoms with E-state index in [4.69, 9.17) is 14.2 Å². The molecule has 2 N–H and O–H groups in total. The zero-order valence-corrected chi connectivity index (χ0v) is 23.1. The minimum absolute atomic E-state index is 0.0213. The average molecular weight is 547 g/mol. The van der Waals surface area contributed by atoms with E-state index in [0.717, 1.165) is 11.1 Å². The number of nitrogens with one attached hydrogen (secondary N) is 1. The lowest BCUT2D eigenvalue weighted by molar-refractivity contribution is 0.0126. The highest BCUT2D eigenvalue weighted by molar-refractivity contribution is 6.09. The fourth-order valence-electron chi connectivity index (χ4n) is 4.39. The molecule has 0 radical (unpaired) electrons. The second-order valence-corrected chi connectivity index (χ2v) is 10.5. The molecule has 1 heterocycles. The maximum Gasteiger partial charge on any atom is 0.410 e. The first-order valence-electron chi connectivity index (χ1n) is 13.1. The number of esters is 1. The second-order valence-electron chi connectivity index (χ2n) is 10.5. The Kier molecular flexibility index (Phi) is 8.62. The standard InChI is InChI=1S/C31H34N2O7/c1-31(2,3)40-30(37)33-16-14-22(15-17-33)39-23-11-13-25(27(34)19-23)28(35)32-26-18-21(20-8-6-5-7-9-20)10-12-24(26)29(36)38-4/h5-13,18-19,22,34H,14-17H2,1-4H3,(H,32,35). The van der Waals surface area contributed by atoms with Gasteiger partial charge in [0.1, 0.15) is 23.2 Å². The molecule has 0 spiro atoms. The zero-order valence-electron chi connectivity index (χ0n) is 23.1. The molecule has 1 fully saturated rings. The summed E-state index contributed by atoms with van der Waals surface area (Å²) in [4.78, 5) is 39.4. The molecule has 0 aromatic heterocycles. The Labute approximate surface area is 233 Å². The van der Waals surface area contributed by atoms with Gasteiger partial charge >= 0.3 is 12.1 Å². The molecule has 4 rings (SSSR count). The van der Waals surface area contributed by atoms with Gasteiger partial charge in [0.25, 0.3) is 5.91 Å². The number of methoxy groups -OCH3 is 1. The molecule has 210 valence electrons. The van der Waals surface area contributed by atoms with E-state index in [9.17, 15) is 19.5 Å². The van der Waals surface area contributed by atoms with E-state index >= 15 is 0 Å². The van der Waals surface area contributed by atoms with Gasteiger partial charge in [-0.2, -0.15) is 0 Å². The SMILES string of the molecule is COC(=O)c1ccc(-c2ccccc2)cc1NC(=O)c1ccc(OC2CCN(C(=O)OC(C)(C)C)CC2)cc1O. The summed E-state index contributed by atoms with van der Waals surface area (Å²) in [5.41, 5.74) is 1.63. The number of aromatic hydroxyl groups is 1. The quantitative estimate of drug-likeness (QED) is 0.371. The van der Waals surface area contributed by atoms with E-state index in [-0.39, 0.29) is 34.8 Å². The molecule has 0 atom stereocenters. The predicted octanol–water partition coefficient (Wildman–Crippen LogP) is 5.88. The minimum atomic E-state index is -0.597. The summed E-state index contributed by atoms with van der Waals surface area (Å²) in [5.74, 6) is -1.04. The number of likely N-dealkylation sites (tertiary alicyclic amines) is 1. The third-order valence-electron chi connectivity index (χ3n) is 6.39. The Morgan fingerprint density at radius 3 is 2.20 bits per heavy atom. The highest BCUT2D eigenvalue weighted by Gasteiger charge is 2.28. The number of piperidine rings is 1. The van der Waals surface area contributed by atoms with Gasteiger partial charge in [-0.3, -0.25) is 4.79 Å². The number of carbonyl (C=O) groups excluding carboxylic acids is 3. The number of phenols is 1. The van der Waals surface area contributed by atoms with Crippen molar-refractivity contribution in [1.82, 2.24) is 4.90 Å². The number of anilines is 1. The maximum atomic E-state index is 13.1. The summed E-state index contributed by atoms with van der Waals surface area (Å²) >= 11 is 0. The number of hydrogen-bond donors (Lipinski definition) is 2. The normalized spacial score (nSPS) is 13.8. The van der Waals surface area contributed by atoms with Crippen molar-refractivity contribution in [3.63, 3.8) is 0 Å². The number of benzene rings is 3. The number of rotatable bonds is 6. The molecule has 9 nitrogen and oxygen atoms in total. The highest BCUT2D eigenvalue weighted by atomic mass is 16.6. The van der Waals surface area contributed by atoms with Gasteiger partial charge in [0.05, 0.1) is 23.9 Å². The summed E-state index contributed by atoms with van der Waals surface area (Å²) in [6, 6.07) is 19.1. The van der Waals surface area contributed by atoms with Crippen LogP contribution in [0.5, 0.6) is 11.5 Å².